The van der Waals surface area contributed by atoms with Crippen molar-refractivity contribution in [2.24, 2.45) is 0 Å². The van der Waals surface area contributed by atoms with Gasteiger partial charge in [-0.15, -0.1) is 0 Å². The first-order valence-corrected chi connectivity index (χ1v) is 9.76. The molecule has 8 heteroatoms. The SMILES string of the molecule is Cc1ccc(NC(=O)CNc2cccc(Br)c2)cc1S(=O)(=O)N(C)C. The molecule has 25 heavy (non-hydrogen) atoms. The van der Waals surface area contributed by atoms with Crippen molar-refractivity contribution < 1.29 is 13.2 Å². The predicted molar refractivity (Wildman–Crippen MR) is 103 cm³/mol. The van der Waals surface area contributed by atoms with Gasteiger partial charge in [-0.3, -0.25) is 4.79 Å². The Bertz CT molecular complexity index is 882. The number of carbonyl (C=O) groups is 1. The molecule has 2 aromatic rings. The molecule has 134 valence electrons. The molecule has 0 aliphatic rings. The summed E-state index contributed by atoms with van der Waals surface area (Å²) >= 11 is 3.37. The molecule has 0 heterocycles. The standard InChI is InChI=1S/C17H20BrN3O3S/c1-12-7-8-15(10-16(12)25(23,24)21(2)3)20-17(22)11-19-14-6-4-5-13(18)9-14/h4-10,19H,11H2,1-3H3,(H,20,22). The number of anilines is 2. The number of nitrogens with one attached hydrogen (secondary N) is 2. The molecule has 0 fully saturated rings. The van der Waals surface area contributed by atoms with Crippen LogP contribution in [0.1, 0.15) is 5.56 Å². The van der Waals surface area contributed by atoms with Gasteiger partial charge >= 0.3 is 0 Å². The topological polar surface area (TPSA) is 78.5 Å². The van der Waals surface area contributed by atoms with Crippen LogP contribution in [0.3, 0.4) is 0 Å². The molecular weight excluding hydrogens is 406 g/mol. The van der Waals surface area contributed by atoms with E-state index in [4.69, 9.17) is 0 Å². The number of hydrogen-bond acceptors (Lipinski definition) is 4. The van der Waals surface area contributed by atoms with Crippen molar-refractivity contribution in [3.8, 4) is 0 Å². The van der Waals surface area contributed by atoms with Crippen molar-refractivity contribution in [1.29, 1.82) is 0 Å². The fraction of sp³-hybridized carbons (Fsp3) is 0.235. The Morgan fingerprint density at radius 3 is 2.48 bits per heavy atom. The molecule has 0 atom stereocenters. The second-order valence-corrected chi connectivity index (χ2v) is 8.72. The van der Waals surface area contributed by atoms with Gasteiger partial charge in [0.05, 0.1) is 11.4 Å². The highest BCUT2D eigenvalue weighted by molar-refractivity contribution is 9.10. The number of rotatable bonds is 6. The van der Waals surface area contributed by atoms with Crippen molar-refractivity contribution in [2.75, 3.05) is 31.3 Å². The molecule has 0 aliphatic carbocycles. The quantitative estimate of drug-likeness (QED) is 0.745. The molecule has 6 nitrogen and oxygen atoms in total. The summed E-state index contributed by atoms with van der Waals surface area (Å²) in [5.41, 5.74) is 1.87. The van der Waals surface area contributed by atoms with Crippen LogP contribution < -0.4 is 10.6 Å². The summed E-state index contributed by atoms with van der Waals surface area (Å²) in [7, 11) is -0.616. The van der Waals surface area contributed by atoms with E-state index in [-0.39, 0.29) is 17.3 Å². The Labute approximate surface area is 156 Å². The zero-order valence-corrected chi connectivity index (χ0v) is 16.6. The smallest absolute Gasteiger partial charge is 0.243 e. The zero-order chi connectivity index (χ0) is 18.6. The molecule has 0 unspecified atom stereocenters. The van der Waals surface area contributed by atoms with E-state index >= 15 is 0 Å². The van der Waals surface area contributed by atoms with Gasteiger partial charge in [-0.25, -0.2) is 12.7 Å². The minimum atomic E-state index is -3.56. The van der Waals surface area contributed by atoms with Crippen LogP contribution >= 0.6 is 15.9 Å². The van der Waals surface area contributed by atoms with Crippen molar-refractivity contribution in [3.05, 3.63) is 52.5 Å². The van der Waals surface area contributed by atoms with Crippen molar-refractivity contribution in [3.63, 3.8) is 0 Å². The van der Waals surface area contributed by atoms with E-state index in [2.05, 4.69) is 26.6 Å². The van der Waals surface area contributed by atoms with Crippen LogP contribution in [0.2, 0.25) is 0 Å². The van der Waals surface area contributed by atoms with E-state index < -0.39 is 10.0 Å². The van der Waals surface area contributed by atoms with Gasteiger partial charge < -0.3 is 10.6 Å². The maximum atomic E-state index is 12.3. The average Bonchev–Trinajstić information content (AvgIpc) is 2.54. The second-order valence-electron chi connectivity index (χ2n) is 5.68. The van der Waals surface area contributed by atoms with Gasteiger partial charge in [0, 0.05) is 29.9 Å². The second kappa shape index (κ2) is 7.99. The van der Waals surface area contributed by atoms with Gasteiger partial charge in [-0.05, 0) is 42.8 Å². The van der Waals surface area contributed by atoms with Crippen LogP contribution in [0.15, 0.2) is 51.8 Å². The Kier molecular flexibility index (Phi) is 6.21. The highest BCUT2D eigenvalue weighted by atomic mass is 79.9. The van der Waals surface area contributed by atoms with Crippen LogP contribution in [0.25, 0.3) is 0 Å². The Morgan fingerprint density at radius 1 is 1.12 bits per heavy atom. The molecule has 2 N–H and O–H groups in total. The van der Waals surface area contributed by atoms with Crippen molar-refractivity contribution >= 4 is 43.2 Å². The number of aryl methyl sites for hydroxylation is 1. The van der Waals surface area contributed by atoms with Crippen LogP contribution in [-0.4, -0.2) is 39.3 Å². The molecule has 1 amide bonds. The lowest BCUT2D eigenvalue weighted by Crippen LogP contribution is -2.24. The molecular formula is C17H20BrN3O3S. The Balaban J connectivity index is 2.09. The molecule has 2 rings (SSSR count). The largest absolute Gasteiger partial charge is 0.376 e. The van der Waals surface area contributed by atoms with E-state index in [1.165, 1.54) is 20.2 Å². The number of benzene rings is 2. The molecule has 0 bridgehead atoms. The van der Waals surface area contributed by atoms with E-state index in [9.17, 15) is 13.2 Å². The van der Waals surface area contributed by atoms with Gasteiger partial charge in [0.15, 0.2) is 0 Å². The first kappa shape index (κ1) is 19.4. The van der Waals surface area contributed by atoms with Gasteiger partial charge in [-0.2, -0.15) is 0 Å². The summed E-state index contributed by atoms with van der Waals surface area (Å²) in [4.78, 5) is 12.3. The monoisotopic (exact) mass is 425 g/mol. The van der Waals surface area contributed by atoms with Gasteiger partial charge in [0.25, 0.3) is 0 Å². The third-order valence-corrected chi connectivity index (χ3v) is 5.96. The zero-order valence-electron chi connectivity index (χ0n) is 14.2. The normalized spacial score (nSPS) is 11.4. The molecule has 0 aliphatic heterocycles. The predicted octanol–water partition coefficient (Wildman–Crippen LogP) is 3.06. The van der Waals surface area contributed by atoms with Gasteiger partial charge in [0.2, 0.25) is 15.9 Å². The number of nitrogens with zero attached hydrogens (tertiary/aromatic N) is 1. The summed E-state index contributed by atoms with van der Waals surface area (Å²) in [6, 6.07) is 12.3. The third-order valence-electron chi connectivity index (χ3n) is 3.51. The molecule has 2 aromatic carbocycles. The van der Waals surface area contributed by atoms with Crippen LogP contribution in [0.5, 0.6) is 0 Å². The lowest BCUT2D eigenvalue weighted by atomic mass is 10.2. The summed E-state index contributed by atoms with van der Waals surface area (Å²) in [5, 5.41) is 5.72. The van der Waals surface area contributed by atoms with E-state index in [1.54, 1.807) is 19.1 Å². The summed E-state index contributed by atoms with van der Waals surface area (Å²) in [5.74, 6) is -0.267. The van der Waals surface area contributed by atoms with Crippen molar-refractivity contribution in [2.45, 2.75) is 11.8 Å². The minimum absolute atomic E-state index is 0.0695. The highest BCUT2D eigenvalue weighted by Gasteiger charge is 2.20. The first-order valence-electron chi connectivity index (χ1n) is 7.52. The molecule has 0 saturated carbocycles. The Hall–Kier alpha value is -1.90. The maximum Gasteiger partial charge on any atom is 0.243 e. The number of carbonyl (C=O) groups excluding carboxylic acids is 1. The lowest BCUT2D eigenvalue weighted by molar-refractivity contribution is -0.114. The average molecular weight is 426 g/mol. The van der Waals surface area contributed by atoms with Gasteiger partial charge in [-0.1, -0.05) is 28.1 Å². The summed E-state index contributed by atoms with van der Waals surface area (Å²) in [6.45, 7) is 1.79. The summed E-state index contributed by atoms with van der Waals surface area (Å²) < 4.78 is 26.7. The molecule has 0 radical (unpaired) electrons. The van der Waals surface area contributed by atoms with E-state index in [1.807, 2.05) is 24.3 Å². The fourth-order valence-corrected chi connectivity index (χ4v) is 3.68. The number of hydrogen-bond donors (Lipinski definition) is 2. The Morgan fingerprint density at radius 2 is 1.84 bits per heavy atom. The van der Waals surface area contributed by atoms with Crippen LogP contribution in [0.4, 0.5) is 11.4 Å². The lowest BCUT2D eigenvalue weighted by Gasteiger charge is -2.15. The molecule has 0 spiro atoms. The number of sulfonamides is 1. The van der Waals surface area contributed by atoms with Crippen LogP contribution in [0, 0.1) is 6.92 Å². The number of halogens is 1. The molecule has 0 aromatic heterocycles. The third kappa shape index (κ3) is 5.04. The van der Waals surface area contributed by atoms with Crippen molar-refractivity contribution in [1.82, 2.24) is 4.31 Å². The fourth-order valence-electron chi connectivity index (χ4n) is 2.14. The molecule has 0 saturated heterocycles. The maximum absolute atomic E-state index is 12.3. The highest BCUT2D eigenvalue weighted by Crippen LogP contribution is 2.22. The van der Waals surface area contributed by atoms with E-state index in [0.717, 1.165) is 14.5 Å². The van der Waals surface area contributed by atoms with E-state index in [0.29, 0.717) is 11.3 Å². The number of amides is 1. The van der Waals surface area contributed by atoms with Gasteiger partial charge in [0.1, 0.15) is 0 Å². The first-order chi connectivity index (χ1) is 11.7. The van der Waals surface area contributed by atoms with Crippen LogP contribution in [-0.2, 0) is 14.8 Å². The summed E-state index contributed by atoms with van der Waals surface area (Å²) in [6.07, 6.45) is 0. The minimum Gasteiger partial charge on any atom is -0.376 e.